The maximum atomic E-state index is 12.1. The molecule has 2 aromatic rings. The Morgan fingerprint density at radius 1 is 1.39 bits per heavy atom. The van der Waals surface area contributed by atoms with Crippen molar-refractivity contribution in [3.05, 3.63) is 41.0 Å². The lowest BCUT2D eigenvalue weighted by Crippen LogP contribution is -2.41. The molecular formula is C15H15ClN2O5. The van der Waals surface area contributed by atoms with Crippen LogP contribution in [0.2, 0.25) is 5.02 Å². The molecule has 0 aliphatic carbocycles. The van der Waals surface area contributed by atoms with Crippen LogP contribution in [-0.4, -0.2) is 41.9 Å². The van der Waals surface area contributed by atoms with E-state index in [-0.39, 0.29) is 18.7 Å². The van der Waals surface area contributed by atoms with Gasteiger partial charge in [-0.3, -0.25) is 4.79 Å². The average Bonchev–Trinajstić information content (AvgIpc) is 3.01. The zero-order valence-electron chi connectivity index (χ0n) is 12.3. The Bertz CT molecular complexity index is 683. The third-order valence-electron chi connectivity index (χ3n) is 3.09. The first-order chi connectivity index (χ1) is 11.0. The van der Waals surface area contributed by atoms with Gasteiger partial charge in [0.05, 0.1) is 0 Å². The lowest BCUT2D eigenvalue weighted by Gasteiger charge is -2.12. The SMILES string of the molecule is COCCC(NC(=O)c1cc(-c2ccc(Cl)cc2)on1)C(=O)O. The number of aliphatic carboxylic acids is 1. The van der Waals surface area contributed by atoms with Crippen LogP contribution < -0.4 is 5.32 Å². The van der Waals surface area contributed by atoms with Gasteiger partial charge < -0.3 is 19.7 Å². The van der Waals surface area contributed by atoms with Crippen molar-refractivity contribution in [2.75, 3.05) is 13.7 Å². The van der Waals surface area contributed by atoms with E-state index in [0.717, 1.165) is 0 Å². The fraction of sp³-hybridized carbons (Fsp3) is 0.267. The minimum Gasteiger partial charge on any atom is -0.480 e. The van der Waals surface area contributed by atoms with Gasteiger partial charge in [-0.25, -0.2) is 4.79 Å². The van der Waals surface area contributed by atoms with Gasteiger partial charge in [-0.15, -0.1) is 0 Å². The van der Waals surface area contributed by atoms with Gasteiger partial charge in [-0.2, -0.15) is 0 Å². The van der Waals surface area contributed by atoms with Crippen LogP contribution in [0.4, 0.5) is 0 Å². The van der Waals surface area contributed by atoms with E-state index in [4.69, 9.17) is 26.0 Å². The standard InChI is InChI=1S/C15H15ClN2O5/c1-22-7-6-11(15(20)21)17-14(19)12-8-13(23-18-12)9-2-4-10(16)5-3-9/h2-5,8,11H,6-7H2,1H3,(H,17,19)(H,20,21). The van der Waals surface area contributed by atoms with Crippen LogP contribution in [0.5, 0.6) is 0 Å². The van der Waals surface area contributed by atoms with Gasteiger partial charge >= 0.3 is 5.97 Å². The van der Waals surface area contributed by atoms with Crippen LogP contribution >= 0.6 is 11.6 Å². The van der Waals surface area contributed by atoms with Gasteiger partial charge in [0.15, 0.2) is 11.5 Å². The molecule has 2 rings (SSSR count). The molecule has 0 saturated carbocycles. The van der Waals surface area contributed by atoms with E-state index in [1.165, 1.54) is 13.2 Å². The molecule has 2 N–H and O–H groups in total. The van der Waals surface area contributed by atoms with Gasteiger partial charge in [-0.05, 0) is 24.3 Å². The lowest BCUT2D eigenvalue weighted by molar-refractivity contribution is -0.139. The number of halogens is 1. The summed E-state index contributed by atoms with van der Waals surface area (Å²) in [4.78, 5) is 23.2. The zero-order valence-corrected chi connectivity index (χ0v) is 13.0. The van der Waals surface area contributed by atoms with Crippen molar-refractivity contribution in [1.29, 1.82) is 0 Å². The van der Waals surface area contributed by atoms with Crippen molar-refractivity contribution in [3.63, 3.8) is 0 Å². The summed E-state index contributed by atoms with van der Waals surface area (Å²) < 4.78 is 9.93. The van der Waals surface area contributed by atoms with Crippen LogP contribution in [0.15, 0.2) is 34.9 Å². The molecule has 122 valence electrons. The highest BCUT2D eigenvalue weighted by atomic mass is 35.5. The van der Waals surface area contributed by atoms with E-state index in [1.807, 2.05) is 0 Å². The highest BCUT2D eigenvalue weighted by molar-refractivity contribution is 6.30. The summed E-state index contributed by atoms with van der Waals surface area (Å²) in [5.74, 6) is -1.38. The molecule has 0 spiro atoms. The molecular weight excluding hydrogens is 324 g/mol. The summed E-state index contributed by atoms with van der Waals surface area (Å²) in [6.45, 7) is 0.214. The molecule has 1 atom stereocenters. The quantitative estimate of drug-likeness (QED) is 0.802. The summed E-state index contributed by atoms with van der Waals surface area (Å²) in [5, 5.41) is 15.7. The lowest BCUT2D eigenvalue weighted by atomic mass is 10.1. The van der Waals surface area contributed by atoms with Gasteiger partial charge in [0.25, 0.3) is 5.91 Å². The number of carboxylic acid groups (broad SMARTS) is 1. The molecule has 0 aliphatic heterocycles. The predicted octanol–water partition coefficient (Wildman–Crippen LogP) is 2.21. The van der Waals surface area contributed by atoms with Crippen molar-refractivity contribution in [2.45, 2.75) is 12.5 Å². The molecule has 0 bridgehead atoms. The van der Waals surface area contributed by atoms with Gasteiger partial charge in [-0.1, -0.05) is 16.8 Å². The van der Waals surface area contributed by atoms with Crippen molar-refractivity contribution in [2.24, 2.45) is 0 Å². The number of nitrogens with one attached hydrogen (secondary N) is 1. The Morgan fingerprint density at radius 2 is 2.09 bits per heavy atom. The molecule has 0 radical (unpaired) electrons. The molecule has 1 aromatic heterocycles. The minimum atomic E-state index is -1.14. The molecule has 7 nitrogen and oxygen atoms in total. The molecule has 0 saturated heterocycles. The first kappa shape index (κ1) is 17.0. The number of carboxylic acids is 1. The smallest absolute Gasteiger partial charge is 0.326 e. The summed E-state index contributed by atoms with van der Waals surface area (Å²) in [6, 6.07) is 7.20. The number of aromatic nitrogens is 1. The van der Waals surface area contributed by atoms with Gasteiger partial charge in [0.1, 0.15) is 6.04 Å². The van der Waals surface area contributed by atoms with Crippen LogP contribution in [-0.2, 0) is 9.53 Å². The van der Waals surface area contributed by atoms with E-state index in [2.05, 4.69) is 10.5 Å². The van der Waals surface area contributed by atoms with Crippen LogP contribution in [0.25, 0.3) is 11.3 Å². The summed E-state index contributed by atoms with van der Waals surface area (Å²) >= 11 is 5.81. The highest BCUT2D eigenvalue weighted by Crippen LogP contribution is 2.22. The van der Waals surface area contributed by atoms with Crippen molar-refractivity contribution >= 4 is 23.5 Å². The van der Waals surface area contributed by atoms with E-state index in [9.17, 15) is 9.59 Å². The number of hydrogen-bond donors (Lipinski definition) is 2. The van der Waals surface area contributed by atoms with Gasteiger partial charge in [0.2, 0.25) is 0 Å². The Kier molecular flexibility index (Phi) is 5.72. The van der Waals surface area contributed by atoms with Gasteiger partial charge in [0, 0.05) is 36.8 Å². The van der Waals surface area contributed by atoms with Crippen LogP contribution in [0.3, 0.4) is 0 Å². The first-order valence-electron chi connectivity index (χ1n) is 6.76. The van der Waals surface area contributed by atoms with Crippen molar-refractivity contribution < 1.29 is 24.0 Å². The van der Waals surface area contributed by atoms with Crippen LogP contribution in [0.1, 0.15) is 16.9 Å². The zero-order chi connectivity index (χ0) is 16.8. The number of carbonyl (C=O) groups excluding carboxylic acids is 1. The second kappa shape index (κ2) is 7.75. The number of rotatable bonds is 7. The maximum Gasteiger partial charge on any atom is 0.326 e. The second-order valence-electron chi connectivity index (χ2n) is 4.73. The molecule has 23 heavy (non-hydrogen) atoms. The number of hydrogen-bond acceptors (Lipinski definition) is 5. The topological polar surface area (TPSA) is 102 Å². The van der Waals surface area contributed by atoms with Crippen LogP contribution in [0, 0.1) is 0 Å². The van der Waals surface area contributed by atoms with E-state index < -0.39 is 17.9 Å². The molecule has 0 fully saturated rings. The summed E-state index contributed by atoms with van der Waals surface area (Å²) in [5.41, 5.74) is 0.703. The first-order valence-corrected chi connectivity index (χ1v) is 7.14. The average molecular weight is 339 g/mol. The second-order valence-corrected chi connectivity index (χ2v) is 5.17. The molecule has 0 aliphatic rings. The normalized spacial score (nSPS) is 11.9. The Labute approximate surface area is 137 Å². The molecule has 1 unspecified atom stereocenters. The minimum absolute atomic E-state index is 0.00128. The predicted molar refractivity (Wildman–Crippen MR) is 82.3 cm³/mol. The number of carbonyl (C=O) groups is 2. The maximum absolute atomic E-state index is 12.1. The Balaban J connectivity index is 2.08. The number of methoxy groups -OCH3 is 1. The number of amides is 1. The molecule has 1 amide bonds. The summed E-state index contributed by atoms with van der Waals surface area (Å²) in [7, 11) is 1.46. The molecule has 1 heterocycles. The Morgan fingerprint density at radius 3 is 2.70 bits per heavy atom. The molecule has 1 aromatic carbocycles. The monoisotopic (exact) mass is 338 g/mol. The number of nitrogens with zero attached hydrogens (tertiary/aromatic N) is 1. The van der Waals surface area contributed by atoms with E-state index >= 15 is 0 Å². The summed E-state index contributed by atoms with van der Waals surface area (Å²) in [6.07, 6.45) is 0.152. The van der Waals surface area contributed by atoms with Crippen molar-refractivity contribution in [1.82, 2.24) is 10.5 Å². The number of benzene rings is 1. The largest absolute Gasteiger partial charge is 0.480 e. The third-order valence-corrected chi connectivity index (χ3v) is 3.34. The number of ether oxygens (including phenoxy) is 1. The van der Waals surface area contributed by atoms with E-state index in [1.54, 1.807) is 24.3 Å². The van der Waals surface area contributed by atoms with E-state index in [0.29, 0.717) is 16.3 Å². The highest BCUT2D eigenvalue weighted by Gasteiger charge is 2.22. The fourth-order valence-corrected chi connectivity index (χ4v) is 1.98. The molecule has 8 heteroatoms. The van der Waals surface area contributed by atoms with Crippen molar-refractivity contribution in [3.8, 4) is 11.3 Å². The fourth-order valence-electron chi connectivity index (χ4n) is 1.86. The third kappa shape index (κ3) is 4.54. The Hall–Kier alpha value is -2.38.